The Morgan fingerprint density at radius 2 is 2.06 bits per heavy atom. The number of nitrogens with two attached hydrogens (primary N) is 1. The van der Waals surface area contributed by atoms with Gasteiger partial charge in [0, 0.05) is 11.6 Å². The summed E-state index contributed by atoms with van der Waals surface area (Å²) < 4.78 is 18.7. The molecule has 2 N–H and O–H groups in total. The van der Waals surface area contributed by atoms with Crippen LogP contribution in [0.3, 0.4) is 0 Å². The molecule has 92 valence electrons. The number of ether oxygens (including phenoxy) is 1. The number of hydrogen-bond acceptors (Lipinski definition) is 2. The maximum absolute atomic E-state index is 13.8. The second-order valence-corrected chi connectivity index (χ2v) is 3.77. The number of rotatable bonds is 4. The minimum absolute atomic E-state index is 0. The van der Waals surface area contributed by atoms with Crippen molar-refractivity contribution in [3.8, 4) is 5.75 Å². The van der Waals surface area contributed by atoms with E-state index in [0.29, 0.717) is 5.56 Å². The van der Waals surface area contributed by atoms with Crippen LogP contribution in [0.1, 0.15) is 31.9 Å². The van der Waals surface area contributed by atoms with Crippen molar-refractivity contribution in [1.29, 1.82) is 0 Å². The molecule has 2 nitrogen and oxygen atoms in total. The first-order valence-electron chi connectivity index (χ1n) is 5.19. The monoisotopic (exact) mass is 247 g/mol. The van der Waals surface area contributed by atoms with Gasteiger partial charge in [-0.25, -0.2) is 4.39 Å². The van der Waals surface area contributed by atoms with Gasteiger partial charge in [-0.2, -0.15) is 0 Å². The Balaban J connectivity index is 0.00000225. The smallest absolute Gasteiger partial charge is 0.169 e. The highest BCUT2D eigenvalue weighted by Crippen LogP contribution is 2.28. The summed E-state index contributed by atoms with van der Waals surface area (Å²) in [7, 11) is 1.46. The Morgan fingerprint density at radius 3 is 2.56 bits per heavy atom. The van der Waals surface area contributed by atoms with Crippen LogP contribution < -0.4 is 10.5 Å². The molecule has 0 heterocycles. The average molecular weight is 248 g/mol. The van der Waals surface area contributed by atoms with Crippen molar-refractivity contribution in [3.05, 3.63) is 29.6 Å². The van der Waals surface area contributed by atoms with Gasteiger partial charge in [-0.1, -0.05) is 32.4 Å². The van der Waals surface area contributed by atoms with Gasteiger partial charge in [0.05, 0.1) is 7.11 Å². The second-order valence-electron chi connectivity index (χ2n) is 3.77. The van der Waals surface area contributed by atoms with Crippen molar-refractivity contribution >= 4 is 12.4 Å². The lowest BCUT2D eigenvalue weighted by molar-refractivity contribution is 0.374. The highest BCUT2D eigenvalue weighted by Gasteiger charge is 2.18. The Kier molecular flexibility index (Phi) is 6.38. The van der Waals surface area contributed by atoms with E-state index in [4.69, 9.17) is 10.5 Å². The summed E-state index contributed by atoms with van der Waals surface area (Å²) in [6.07, 6.45) is 0.928. The zero-order valence-electron chi connectivity index (χ0n) is 9.87. The number of methoxy groups -OCH3 is 1. The van der Waals surface area contributed by atoms with Crippen molar-refractivity contribution in [2.75, 3.05) is 7.11 Å². The third-order valence-corrected chi connectivity index (χ3v) is 2.83. The summed E-state index contributed by atoms with van der Waals surface area (Å²) in [6.45, 7) is 4.06. The molecule has 1 aromatic rings. The van der Waals surface area contributed by atoms with Crippen LogP contribution in [0.25, 0.3) is 0 Å². The van der Waals surface area contributed by atoms with Crippen molar-refractivity contribution in [2.45, 2.75) is 26.3 Å². The van der Waals surface area contributed by atoms with Crippen molar-refractivity contribution in [3.63, 3.8) is 0 Å². The SMILES string of the molecule is CCC(C)[C@@H](N)c1cccc(OC)c1F.Cl. The lowest BCUT2D eigenvalue weighted by Gasteiger charge is -2.20. The molecule has 0 saturated carbocycles. The summed E-state index contributed by atoms with van der Waals surface area (Å²) in [4.78, 5) is 0. The van der Waals surface area contributed by atoms with Gasteiger partial charge < -0.3 is 10.5 Å². The molecule has 0 aliphatic heterocycles. The minimum atomic E-state index is -0.340. The van der Waals surface area contributed by atoms with E-state index in [-0.39, 0.29) is 35.9 Å². The topological polar surface area (TPSA) is 35.2 Å². The fraction of sp³-hybridized carbons (Fsp3) is 0.500. The predicted octanol–water partition coefficient (Wildman–Crippen LogP) is 3.30. The third-order valence-electron chi connectivity index (χ3n) is 2.83. The fourth-order valence-electron chi connectivity index (χ4n) is 1.50. The van der Waals surface area contributed by atoms with Crippen molar-refractivity contribution in [1.82, 2.24) is 0 Å². The Labute approximate surface area is 102 Å². The molecule has 1 aromatic carbocycles. The molecule has 0 aromatic heterocycles. The van der Waals surface area contributed by atoms with Crippen LogP contribution in [0.5, 0.6) is 5.75 Å². The molecule has 0 saturated heterocycles. The lowest BCUT2D eigenvalue weighted by atomic mass is 9.93. The molecule has 0 fully saturated rings. The standard InChI is InChI=1S/C12H18FNO.ClH/c1-4-8(2)12(14)9-6-5-7-10(15-3)11(9)13;/h5-8,12H,4,14H2,1-3H3;1H/t8?,12-;/m1./s1. The summed E-state index contributed by atoms with van der Waals surface area (Å²) in [5.41, 5.74) is 6.51. The first-order valence-corrected chi connectivity index (χ1v) is 5.19. The van der Waals surface area contributed by atoms with E-state index in [1.54, 1.807) is 18.2 Å². The van der Waals surface area contributed by atoms with E-state index >= 15 is 0 Å². The normalized spacial score (nSPS) is 13.8. The summed E-state index contributed by atoms with van der Waals surface area (Å²) in [5, 5.41) is 0. The first kappa shape index (κ1) is 15.2. The van der Waals surface area contributed by atoms with Gasteiger partial charge in [0.15, 0.2) is 11.6 Å². The first-order chi connectivity index (χ1) is 7.11. The molecule has 1 unspecified atom stereocenters. The Morgan fingerprint density at radius 1 is 1.44 bits per heavy atom. The van der Waals surface area contributed by atoms with Gasteiger partial charge in [0.2, 0.25) is 0 Å². The van der Waals surface area contributed by atoms with Gasteiger partial charge in [-0.05, 0) is 12.0 Å². The maximum atomic E-state index is 13.8. The van der Waals surface area contributed by atoms with E-state index in [1.165, 1.54) is 7.11 Å². The summed E-state index contributed by atoms with van der Waals surface area (Å²) in [5.74, 6) is 0.172. The van der Waals surface area contributed by atoms with Gasteiger partial charge in [-0.3, -0.25) is 0 Å². The summed E-state index contributed by atoms with van der Waals surface area (Å²) >= 11 is 0. The maximum Gasteiger partial charge on any atom is 0.169 e. The molecule has 0 aliphatic rings. The van der Waals surface area contributed by atoms with Gasteiger partial charge in [0.1, 0.15) is 0 Å². The molecular formula is C12H19ClFNO. The van der Waals surface area contributed by atoms with E-state index < -0.39 is 0 Å². The van der Waals surface area contributed by atoms with Crippen LogP contribution in [0.2, 0.25) is 0 Å². The van der Waals surface area contributed by atoms with E-state index in [0.717, 1.165) is 6.42 Å². The van der Waals surface area contributed by atoms with Crippen LogP contribution in [0.15, 0.2) is 18.2 Å². The van der Waals surface area contributed by atoms with Gasteiger partial charge in [-0.15, -0.1) is 12.4 Å². The molecular weight excluding hydrogens is 229 g/mol. The van der Waals surface area contributed by atoms with Crippen molar-refractivity contribution in [2.24, 2.45) is 11.7 Å². The molecule has 1 rings (SSSR count). The van der Waals surface area contributed by atoms with E-state index in [2.05, 4.69) is 0 Å². The van der Waals surface area contributed by atoms with E-state index in [1.807, 2.05) is 13.8 Å². The van der Waals surface area contributed by atoms with Crippen LogP contribution in [-0.2, 0) is 0 Å². The number of benzene rings is 1. The largest absolute Gasteiger partial charge is 0.494 e. The lowest BCUT2D eigenvalue weighted by Crippen LogP contribution is -2.20. The Bertz CT molecular complexity index is 333. The number of halogens is 2. The second kappa shape index (κ2) is 6.71. The van der Waals surface area contributed by atoms with Gasteiger partial charge in [0.25, 0.3) is 0 Å². The molecule has 0 aliphatic carbocycles. The van der Waals surface area contributed by atoms with Crippen LogP contribution in [-0.4, -0.2) is 7.11 Å². The zero-order chi connectivity index (χ0) is 11.4. The summed E-state index contributed by atoms with van der Waals surface area (Å²) in [6, 6.07) is 4.81. The third kappa shape index (κ3) is 3.09. The van der Waals surface area contributed by atoms with Crippen molar-refractivity contribution < 1.29 is 9.13 Å². The average Bonchev–Trinajstić information content (AvgIpc) is 2.27. The van der Waals surface area contributed by atoms with Crippen LogP contribution in [0, 0.1) is 11.7 Å². The highest BCUT2D eigenvalue weighted by atomic mass is 35.5. The fourth-order valence-corrected chi connectivity index (χ4v) is 1.50. The van der Waals surface area contributed by atoms with Crippen LogP contribution in [0.4, 0.5) is 4.39 Å². The minimum Gasteiger partial charge on any atom is -0.494 e. The van der Waals surface area contributed by atoms with Gasteiger partial charge >= 0.3 is 0 Å². The highest BCUT2D eigenvalue weighted by molar-refractivity contribution is 5.85. The van der Waals surface area contributed by atoms with Crippen LogP contribution >= 0.6 is 12.4 Å². The molecule has 0 spiro atoms. The number of hydrogen-bond donors (Lipinski definition) is 1. The molecule has 4 heteroatoms. The molecule has 2 atom stereocenters. The Hall–Kier alpha value is -0.800. The molecule has 0 bridgehead atoms. The molecule has 0 radical (unpaired) electrons. The molecule has 0 amide bonds. The molecule has 16 heavy (non-hydrogen) atoms. The van der Waals surface area contributed by atoms with E-state index in [9.17, 15) is 4.39 Å². The predicted molar refractivity (Wildman–Crippen MR) is 66.6 cm³/mol. The quantitative estimate of drug-likeness (QED) is 0.886. The zero-order valence-corrected chi connectivity index (χ0v) is 10.7.